The van der Waals surface area contributed by atoms with Crippen LogP contribution in [0, 0.1) is 0 Å². The molecule has 0 aliphatic rings. The quantitative estimate of drug-likeness (QED) is 0.370. The summed E-state index contributed by atoms with van der Waals surface area (Å²) in [6.45, 7) is 0. The van der Waals surface area contributed by atoms with Gasteiger partial charge in [0.2, 0.25) is 0 Å². The van der Waals surface area contributed by atoms with Gasteiger partial charge < -0.3 is 0 Å². The van der Waals surface area contributed by atoms with E-state index in [1.54, 1.807) is 0 Å². The molecule has 0 fully saturated rings. The monoisotopic (exact) mass is 184 g/mol. The molecule has 2 N–H and O–H groups in total. The van der Waals surface area contributed by atoms with Gasteiger partial charge in [-0.1, -0.05) is 0 Å². The third-order valence-corrected chi connectivity index (χ3v) is 0. The number of rotatable bonds is 0. The Morgan fingerprint density at radius 2 is 1.38 bits per heavy atom. The number of hydrogen-bond donors (Lipinski definition) is 2. The topological polar surface area (TPSA) is 91.7 Å². The van der Waals surface area contributed by atoms with Crippen molar-refractivity contribution in [3.63, 3.8) is 0 Å². The van der Waals surface area contributed by atoms with Gasteiger partial charge in [0.25, 0.3) is 0 Å². The number of hydrogen-bond acceptors (Lipinski definition) is 3. The van der Waals surface area contributed by atoms with Crippen molar-refractivity contribution in [1.29, 1.82) is 0 Å². The van der Waals surface area contributed by atoms with Crippen LogP contribution < -0.4 is 0 Å². The van der Waals surface area contributed by atoms with E-state index < -0.39 is 10.4 Å². The molecule has 0 amide bonds. The van der Waals surface area contributed by atoms with Crippen LogP contribution in [0.4, 0.5) is 0 Å². The average molecular weight is 185 g/mol. The fourth-order valence-corrected chi connectivity index (χ4v) is 0. The van der Waals surface area contributed by atoms with Crippen molar-refractivity contribution in [3.8, 4) is 0 Å². The molecule has 5 nitrogen and oxygen atoms in total. The van der Waals surface area contributed by atoms with Gasteiger partial charge in [0.15, 0.2) is 0 Å². The maximum atomic E-state index is 8.74. The Morgan fingerprint density at radius 1 is 1.38 bits per heavy atom. The molecule has 0 rings (SSSR count). The molecule has 0 bridgehead atoms. The first-order chi connectivity index (χ1) is 3.41. The van der Waals surface area contributed by atoms with Crippen LogP contribution in [0.5, 0.6) is 0 Å². The van der Waals surface area contributed by atoms with E-state index in [9.17, 15) is 0 Å². The summed E-state index contributed by atoms with van der Waals surface area (Å²) in [4.78, 5) is 9.64. The summed E-state index contributed by atoms with van der Waals surface area (Å²) in [6, 6.07) is 0. The van der Waals surface area contributed by atoms with Crippen molar-refractivity contribution in [2.75, 3.05) is 0 Å². The van der Waals surface area contributed by atoms with E-state index in [1.165, 1.54) is 0 Å². The van der Waals surface area contributed by atoms with Gasteiger partial charge in [0, 0.05) is 0 Å². The molecule has 8 heavy (non-hydrogen) atoms. The second-order valence-electron chi connectivity index (χ2n) is 0.512. The van der Waals surface area contributed by atoms with Crippen molar-refractivity contribution in [2.45, 2.75) is 0 Å². The van der Waals surface area contributed by atoms with Gasteiger partial charge in [-0.25, -0.2) is 0 Å². The predicted octanol–water partition coefficient (Wildman–Crippen LogP) is -1.05. The molecule has 0 aromatic carbocycles. The normalized spacial score (nSPS) is 8.50. The molecule has 7 heteroatoms. The summed E-state index contributed by atoms with van der Waals surface area (Å²) >= 11 is 3.36. The van der Waals surface area contributed by atoms with E-state index in [-0.39, 0.29) is 0 Å². The molecule has 0 atom stereocenters. The molecular weight excluding hydrogens is 183 g/mol. The zero-order valence-electron chi connectivity index (χ0n) is 3.34. The Labute approximate surface area is 53.2 Å². The molecule has 52 valence electrons. The van der Waals surface area contributed by atoms with Crippen molar-refractivity contribution in [2.24, 2.45) is 0 Å². The molecular formula is CH2NiO5S. The van der Waals surface area contributed by atoms with Crippen LogP contribution in [0.1, 0.15) is 0 Å². The minimum absolute atomic E-state index is 1.12. The van der Waals surface area contributed by atoms with E-state index in [0.717, 1.165) is 4.86 Å². The Hall–Kier alpha value is -0.0565. The van der Waals surface area contributed by atoms with Crippen molar-refractivity contribution in [1.82, 2.24) is 0 Å². The van der Waals surface area contributed by atoms with Crippen LogP contribution in [0.25, 0.3) is 0 Å². The third-order valence-electron chi connectivity index (χ3n) is 0. The van der Waals surface area contributed by atoms with Crippen LogP contribution in [-0.2, 0) is 30.2 Å². The van der Waals surface area contributed by atoms with E-state index in [2.05, 4.69) is 15.0 Å². The molecule has 0 unspecified atom stereocenters. The molecule has 0 saturated heterocycles. The van der Waals surface area contributed by atoms with Crippen LogP contribution in [0.2, 0.25) is 0 Å². The second kappa shape index (κ2) is 5.09. The van der Waals surface area contributed by atoms with Crippen LogP contribution in [0.3, 0.4) is 0 Å². The molecule has 0 radical (unpaired) electrons. The van der Waals surface area contributed by atoms with Gasteiger partial charge in [-0.3, -0.25) is 9.11 Å². The summed E-state index contributed by atoms with van der Waals surface area (Å²) in [5.41, 5.74) is 0. The molecule has 0 aromatic rings. The van der Waals surface area contributed by atoms with Crippen molar-refractivity contribution >= 4 is 15.3 Å². The molecule has 0 aromatic heterocycles. The van der Waals surface area contributed by atoms with Gasteiger partial charge in [0.05, 0.1) is 0 Å². The first kappa shape index (κ1) is 10.8. The van der Waals surface area contributed by atoms with E-state index in [0.29, 0.717) is 0 Å². The summed E-state index contributed by atoms with van der Waals surface area (Å²) in [6.07, 6.45) is 0. The van der Waals surface area contributed by atoms with Gasteiger partial charge in [-0.15, -0.1) is 0 Å². The summed E-state index contributed by atoms with van der Waals surface area (Å²) in [7, 11) is -4.67. The van der Waals surface area contributed by atoms with Crippen molar-refractivity contribution < 1.29 is 37.3 Å². The van der Waals surface area contributed by atoms with E-state index in [4.69, 9.17) is 22.3 Å². The van der Waals surface area contributed by atoms with Crippen LogP contribution in [-0.4, -0.2) is 22.4 Å². The fourth-order valence-electron chi connectivity index (χ4n) is 0. The summed E-state index contributed by atoms with van der Waals surface area (Å²) < 4.78 is 31.6. The van der Waals surface area contributed by atoms with Crippen molar-refractivity contribution in [3.05, 3.63) is 0 Å². The fraction of sp³-hybridized carbons (Fsp3) is 0. The standard InChI is InChI=1S/CO.Ni.H2O4S/c1-2;;1-5(2,3)4/h;;(H2,1,2,3,4). The first-order valence-electron chi connectivity index (χ1n) is 1.06. The third kappa shape index (κ3) is 45500. The van der Waals surface area contributed by atoms with Crippen LogP contribution in [0.15, 0.2) is 0 Å². The van der Waals surface area contributed by atoms with Gasteiger partial charge in [-0.2, -0.15) is 8.42 Å². The molecule has 0 saturated carbocycles. The molecule has 0 heterocycles. The Bertz CT molecular complexity index is 153. The minimum atomic E-state index is -4.67. The Balaban J connectivity index is 0. The summed E-state index contributed by atoms with van der Waals surface area (Å²) in [5, 5.41) is 0. The zero-order chi connectivity index (χ0) is 7.21. The van der Waals surface area contributed by atoms with Gasteiger partial charge in [-0.05, 0) is 0 Å². The van der Waals surface area contributed by atoms with Gasteiger partial charge in [0.1, 0.15) is 0 Å². The SMILES string of the molecule is O=S(=O)(O)O.O=[C]=[Ni]. The predicted molar refractivity (Wildman–Crippen MR) is 19.9 cm³/mol. The zero-order valence-corrected chi connectivity index (χ0v) is 5.15. The summed E-state index contributed by atoms with van der Waals surface area (Å²) in [5.74, 6) is 0. The molecule has 0 spiro atoms. The van der Waals surface area contributed by atoms with E-state index >= 15 is 0 Å². The Morgan fingerprint density at radius 3 is 1.38 bits per heavy atom. The van der Waals surface area contributed by atoms with Gasteiger partial charge >= 0.3 is 35.1 Å². The number of carbonyl (C=O) groups excluding carboxylic acids is 1. The maximum absolute atomic E-state index is 8.74. The van der Waals surface area contributed by atoms with E-state index in [1.807, 2.05) is 0 Å². The second-order valence-corrected chi connectivity index (χ2v) is 1.61. The first-order valence-corrected chi connectivity index (χ1v) is 2.95. The molecule has 0 aliphatic carbocycles. The average Bonchev–Trinajstić information content (AvgIpc) is 1.27. The molecule has 0 aliphatic heterocycles. The Kier molecular flexibility index (Phi) is 6.89. The van der Waals surface area contributed by atoms with Crippen LogP contribution >= 0.6 is 0 Å².